The Morgan fingerprint density at radius 1 is 1.08 bits per heavy atom. The second-order valence-electron chi connectivity index (χ2n) is 6.04. The highest BCUT2D eigenvalue weighted by Crippen LogP contribution is 2.33. The van der Waals surface area contributed by atoms with Crippen LogP contribution in [0.3, 0.4) is 0 Å². The number of phenolic OH excluding ortho intramolecular Hbond substituents is 2. The smallest absolute Gasteiger partial charge is 0.334 e. The molecule has 0 saturated carbocycles. The van der Waals surface area contributed by atoms with E-state index in [0.717, 1.165) is 11.1 Å². The van der Waals surface area contributed by atoms with Crippen molar-refractivity contribution in [3.8, 4) is 23.0 Å². The molecule has 1 aliphatic heterocycles. The summed E-state index contributed by atoms with van der Waals surface area (Å²) in [5.74, 6) is 0.370. The summed E-state index contributed by atoms with van der Waals surface area (Å²) in [7, 11) is 2.96. The maximum atomic E-state index is 12.1. The number of esters is 1. The summed E-state index contributed by atoms with van der Waals surface area (Å²) in [5, 5.41) is 19.4. The molecule has 6 nitrogen and oxygen atoms in total. The van der Waals surface area contributed by atoms with Crippen molar-refractivity contribution in [3.05, 3.63) is 53.1 Å². The molecule has 0 aromatic heterocycles. The van der Waals surface area contributed by atoms with Crippen LogP contribution >= 0.6 is 0 Å². The summed E-state index contributed by atoms with van der Waals surface area (Å²) in [4.78, 5) is 12.1. The second kappa shape index (κ2) is 7.39. The van der Waals surface area contributed by atoms with Crippen LogP contribution in [-0.2, 0) is 16.0 Å². The molecular formula is C20H20O6. The molecule has 1 atom stereocenters. The standard InChI is InChI=1S/C20H20O6/c1-24-18-9-12(3-5-16(18)21)7-14-11-26-20(23)15(14)8-13-4-6-17(22)19(10-13)25-2/h3-6,8-10,14,21-22H,7,11H2,1-2H3/b15-8+/t14-/m0/s1. The zero-order valence-electron chi connectivity index (χ0n) is 14.6. The van der Waals surface area contributed by atoms with E-state index >= 15 is 0 Å². The Morgan fingerprint density at radius 3 is 2.42 bits per heavy atom. The van der Waals surface area contributed by atoms with E-state index < -0.39 is 0 Å². The molecule has 1 heterocycles. The van der Waals surface area contributed by atoms with Gasteiger partial charge in [0.25, 0.3) is 0 Å². The van der Waals surface area contributed by atoms with Crippen LogP contribution in [0.15, 0.2) is 42.0 Å². The van der Waals surface area contributed by atoms with Crippen LogP contribution in [0, 0.1) is 5.92 Å². The number of carbonyl (C=O) groups excluding carboxylic acids is 1. The molecule has 0 spiro atoms. The van der Waals surface area contributed by atoms with E-state index in [4.69, 9.17) is 14.2 Å². The van der Waals surface area contributed by atoms with Crippen molar-refractivity contribution in [2.45, 2.75) is 6.42 Å². The molecule has 1 saturated heterocycles. The number of phenols is 2. The van der Waals surface area contributed by atoms with Crippen molar-refractivity contribution in [2.75, 3.05) is 20.8 Å². The largest absolute Gasteiger partial charge is 0.504 e. The highest BCUT2D eigenvalue weighted by Gasteiger charge is 2.30. The number of aromatic hydroxyl groups is 2. The zero-order valence-corrected chi connectivity index (χ0v) is 14.6. The van der Waals surface area contributed by atoms with Gasteiger partial charge in [-0.1, -0.05) is 12.1 Å². The van der Waals surface area contributed by atoms with E-state index in [9.17, 15) is 15.0 Å². The van der Waals surface area contributed by atoms with Gasteiger partial charge >= 0.3 is 5.97 Å². The molecule has 0 unspecified atom stereocenters. The lowest BCUT2D eigenvalue weighted by atomic mass is 9.92. The van der Waals surface area contributed by atoms with Crippen LogP contribution in [-0.4, -0.2) is 37.0 Å². The van der Waals surface area contributed by atoms with Gasteiger partial charge in [-0.3, -0.25) is 0 Å². The highest BCUT2D eigenvalue weighted by molar-refractivity contribution is 5.96. The number of methoxy groups -OCH3 is 2. The van der Waals surface area contributed by atoms with Gasteiger partial charge in [0.05, 0.1) is 20.8 Å². The first-order chi connectivity index (χ1) is 12.5. The molecule has 1 fully saturated rings. The third-order valence-electron chi connectivity index (χ3n) is 4.34. The van der Waals surface area contributed by atoms with Gasteiger partial charge < -0.3 is 24.4 Å². The zero-order chi connectivity index (χ0) is 18.7. The van der Waals surface area contributed by atoms with Gasteiger partial charge in [-0.05, 0) is 47.9 Å². The lowest BCUT2D eigenvalue weighted by Gasteiger charge is -2.11. The maximum absolute atomic E-state index is 12.1. The molecule has 136 valence electrons. The summed E-state index contributed by atoms with van der Waals surface area (Å²) in [5.41, 5.74) is 2.23. The van der Waals surface area contributed by atoms with E-state index in [2.05, 4.69) is 0 Å². The number of ether oxygens (including phenoxy) is 3. The predicted molar refractivity (Wildman–Crippen MR) is 95.4 cm³/mol. The van der Waals surface area contributed by atoms with Gasteiger partial charge in [0.1, 0.15) is 0 Å². The first-order valence-electron chi connectivity index (χ1n) is 8.13. The molecule has 0 aliphatic carbocycles. The lowest BCUT2D eigenvalue weighted by molar-refractivity contribution is -0.135. The molecule has 2 N–H and O–H groups in total. The summed E-state index contributed by atoms with van der Waals surface area (Å²) >= 11 is 0. The molecule has 26 heavy (non-hydrogen) atoms. The molecule has 0 bridgehead atoms. The topological polar surface area (TPSA) is 85.2 Å². The second-order valence-corrected chi connectivity index (χ2v) is 6.04. The van der Waals surface area contributed by atoms with Gasteiger partial charge in [0.2, 0.25) is 0 Å². The SMILES string of the molecule is COc1cc(/C=C2/C(=O)OC[C@@H]2Cc2ccc(O)c(OC)c2)ccc1O. The number of rotatable bonds is 5. The Labute approximate surface area is 151 Å². The van der Waals surface area contributed by atoms with Crippen molar-refractivity contribution >= 4 is 12.0 Å². The Bertz CT molecular complexity index is 855. The van der Waals surface area contributed by atoms with Crippen molar-refractivity contribution in [3.63, 3.8) is 0 Å². The number of carbonyl (C=O) groups is 1. The van der Waals surface area contributed by atoms with E-state index in [1.54, 1.807) is 36.4 Å². The fourth-order valence-corrected chi connectivity index (χ4v) is 2.96. The summed E-state index contributed by atoms with van der Waals surface area (Å²) in [6, 6.07) is 10.00. The molecule has 6 heteroatoms. The quantitative estimate of drug-likeness (QED) is 0.633. The van der Waals surface area contributed by atoms with Crippen LogP contribution in [0.25, 0.3) is 6.08 Å². The Hall–Kier alpha value is -3.15. The summed E-state index contributed by atoms with van der Waals surface area (Å²) < 4.78 is 15.4. The van der Waals surface area contributed by atoms with Crippen LogP contribution < -0.4 is 9.47 Å². The monoisotopic (exact) mass is 356 g/mol. The first-order valence-corrected chi connectivity index (χ1v) is 8.13. The fourth-order valence-electron chi connectivity index (χ4n) is 2.96. The van der Waals surface area contributed by atoms with Crippen molar-refractivity contribution < 1.29 is 29.2 Å². The Kier molecular flexibility index (Phi) is 5.02. The summed E-state index contributed by atoms with van der Waals surface area (Å²) in [6.45, 7) is 0.295. The van der Waals surface area contributed by atoms with Crippen LogP contribution in [0.2, 0.25) is 0 Å². The van der Waals surface area contributed by atoms with Gasteiger partial charge in [0, 0.05) is 11.5 Å². The van der Waals surface area contributed by atoms with Gasteiger partial charge in [-0.15, -0.1) is 0 Å². The minimum absolute atomic E-state index is 0.0383. The number of hydrogen-bond acceptors (Lipinski definition) is 6. The minimum Gasteiger partial charge on any atom is -0.504 e. The maximum Gasteiger partial charge on any atom is 0.334 e. The van der Waals surface area contributed by atoms with Crippen LogP contribution in [0.5, 0.6) is 23.0 Å². The molecule has 0 amide bonds. The lowest BCUT2D eigenvalue weighted by Crippen LogP contribution is -2.07. The summed E-state index contributed by atoms with van der Waals surface area (Å²) in [6.07, 6.45) is 2.32. The van der Waals surface area contributed by atoms with Gasteiger partial charge in [-0.2, -0.15) is 0 Å². The Morgan fingerprint density at radius 2 is 1.73 bits per heavy atom. The fraction of sp³-hybridized carbons (Fsp3) is 0.250. The molecule has 1 aliphatic rings. The van der Waals surface area contributed by atoms with E-state index in [0.29, 0.717) is 30.1 Å². The molecule has 2 aromatic carbocycles. The van der Waals surface area contributed by atoms with Crippen molar-refractivity contribution in [1.82, 2.24) is 0 Å². The molecule has 2 aromatic rings. The number of hydrogen-bond donors (Lipinski definition) is 2. The van der Waals surface area contributed by atoms with Crippen molar-refractivity contribution in [2.24, 2.45) is 5.92 Å². The third kappa shape index (κ3) is 3.59. The molecule has 3 rings (SSSR count). The Balaban J connectivity index is 1.87. The highest BCUT2D eigenvalue weighted by atomic mass is 16.5. The molecule has 0 radical (unpaired) electrons. The van der Waals surface area contributed by atoms with Crippen LogP contribution in [0.4, 0.5) is 0 Å². The first kappa shape index (κ1) is 17.7. The van der Waals surface area contributed by atoms with E-state index in [-0.39, 0.29) is 23.4 Å². The average molecular weight is 356 g/mol. The normalized spacial score (nSPS) is 18.0. The van der Waals surface area contributed by atoms with Gasteiger partial charge in [-0.25, -0.2) is 4.79 Å². The van der Waals surface area contributed by atoms with Crippen LogP contribution in [0.1, 0.15) is 11.1 Å². The average Bonchev–Trinajstić information content (AvgIpc) is 2.98. The third-order valence-corrected chi connectivity index (χ3v) is 4.34. The predicted octanol–water partition coefficient (Wildman–Crippen LogP) is 2.91. The van der Waals surface area contributed by atoms with Crippen molar-refractivity contribution in [1.29, 1.82) is 0 Å². The van der Waals surface area contributed by atoms with Gasteiger partial charge in [0.15, 0.2) is 23.0 Å². The number of benzene rings is 2. The molecular weight excluding hydrogens is 336 g/mol. The van der Waals surface area contributed by atoms with E-state index in [1.807, 2.05) is 0 Å². The van der Waals surface area contributed by atoms with E-state index in [1.165, 1.54) is 20.3 Å². The number of cyclic esters (lactones) is 1. The minimum atomic E-state index is -0.354.